The molecule has 3 heterocycles. The van der Waals surface area contributed by atoms with E-state index in [9.17, 15) is 0 Å². The fourth-order valence-corrected chi connectivity index (χ4v) is 4.09. The molecule has 2 aromatic rings. The van der Waals surface area contributed by atoms with Crippen LogP contribution in [-0.4, -0.2) is 42.0 Å². The van der Waals surface area contributed by atoms with E-state index < -0.39 is 0 Å². The van der Waals surface area contributed by atoms with Crippen LogP contribution in [0.2, 0.25) is 0 Å². The Kier molecular flexibility index (Phi) is 6.68. The Morgan fingerprint density at radius 3 is 2.77 bits per heavy atom. The average molecular weight is 376 g/mol. The molecule has 0 saturated carbocycles. The predicted molar refractivity (Wildman–Crippen MR) is 107 cm³/mol. The lowest BCUT2D eigenvalue weighted by atomic mass is 10.2. The van der Waals surface area contributed by atoms with Gasteiger partial charge in [-0.3, -0.25) is 4.90 Å². The van der Waals surface area contributed by atoms with Crippen LogP contribution in [0.3, 0.4) is 0 Å². The minimum absolute atomic E-state index is 0.237. The summed E-state index contributed by atoms with van der Waals surface area (Å²) in [4.78, 5) is 13.0. The van der Waals surface area contributed by atoms with Gasteiger partial charge in [-0.2, -0.15) is 0 Å². The summed E-state index contributed by atoms with van der Waals surface area (Å²) in [6.07, 6.45) is 4.27. The Labute approximate surface area is 159 Å². The molecule has 1 atom stereocenters. The van der Waals surface area contributed by atoms with E-state index in [-0.39, 0.29) is 6.04 Å². The third-order valence-corrected chi connectivity index (χ3v) is 5.76. The number of guanidine groups is 1. The van der Waals surface area contributed by atoms with Crippen LogP contribution < -0.4 is 10.6 Å². The van der Waals surface area contributed by atoms with E-state index in [1.165, 1.54) is 17.7 Å². The second kappa shape index (κ2) is 9.19. The molecule has 1 unspecified atom stereocenters. The molecule has 2 aromatic heterocycles. The van der Waals surface area contributed by atoms with E-state index >= 15 is 0 Å². The summed E-state index contributed by atoms with van der Waals surface area (Å²) < 4.78 is 5.70. The molecule has 0 aliphatic carbocycles. The van der Waals surface area contributed by atoms with Gasteiger partial charge in [0.25, 0.3) is 0 Å². The fourth-order valence-electron chi connectivity index (χ4n) is 3.23. The minimum Gasteiger partial charge on any atom is -0.468 e. The van der Waals surface area contributed by atoms with Gasteiger partial charge in [0.15, 0.2) is 5.96 Å². The van der Waals surface area contributed by atoms with Crippen molar-refractivity contribution in [2.45, 2.75) is 46.2 Å². The van der Waals surface area contributed by atoms with Crippen molar-refractivity contribution < 1.29 is 4.42 Å². The van der Waals surface area contributed by atoms with Crippen LogP contribution in [0.15, 0.2) is 27.8 Å². The second-order valence-corrected chi connectivity index (χ2v) is 7.89. The molecule has 3 rings (SSSR count). The van der Waals surface area contributed by atoms with Gasteiger partial charge in [-0.25, -0.2) is 9.98 Å². The number of nitrogens with zero attached hydrogens (tertiary/aromatic N) is 3. The second-order valence-electron chi connectivity index (χ2n) is 6.60. The number of hydrogen-bond acceptors (Lipinski definition) is 5. The van der Waals surface area contributed by atoms with Gasteiger partial charge in [-0.05, 0) is 58.8 Å². The van der Waals surface area contributed by atoms with E-state index in [2.05, 4.69) is 40.4 Å². The maximum absolute atomic E-state index is 5.70. The van der Waals surface area contributed by atoms with Gasteiger partial charge in [0, 0.05) is 18.0 Å². The first-order valence-electron chi connectivity index (χ1n) is 9.40. The third-order valence-electron chi connectivity index (χ3n) is 4.71. The van der Waals surface area contributed by atoms with Crippen LogP contribution >= 0.6 is 11.3 Å². The standard InChI is InChI=1S/C19H29N5OS/c1-4-20-19(22-13-18-23-14(2)15(3)26-18)21-12-16(17-8-7-11-25-17)24-9-5-6-10-24/h7-8,11,16H,4-6,9-10,12-13H2,1-3H3,(H2,20,21,22). The quantitative estimate of drug-likeness (QED) is 0.574. The number of hydrogen-bond donors (Lipinski definition) is 2. The molecule has 2 N–H and O–H groups in total. The van der Waals surface area contributed by atoms with Crippen LogP contribution in [0.25, 0.3) is 0 Å². The summed E-state index contributed by atoms with van der Waals surface area (Å²) in [5.41, 5.74) is 1.10. The lowest BCUT2D eigenvalue weighted by molar-refractivity contribution is 0.215. The maximum atomic E-state index is 5.70. The van der Waals surface area contributed by atoms with Crippen molar-refractivity contribution in [1.29, 1.82) is 0 Å². The van der Waals surface area contributed by atoms with Crippen molar-refractivity contribution in [1.82, 2.24) is 20.5 Å². The zero-order valence-corrected chi connectivity index (χ0v) is 16.7. The number of thiazole rings is 1. The molecule has 0 aromatic carbocycles. The van der Waals surface area contributed by atoms with Crippen molar-refractivity contribution in [2.75, 3.05) is 26.2 Å². The third kappa shape index (κ3) is 4.86. The minimum atomic E-state index is 0.237. The highest BCUT2D eigenvalue weighted by Gasteiger charge is 2.25. The van der Waals surface area contributed by atoms with Crippen molar-refractivity contribution in [2.24, 2.45) is 4.99 Å². The lowest BCUT2D eigenvalue weighted by Crippen LogP contribution is -2.42. The summed E-state index contributed by atoms with van der Waals surface area (Å²) in [5.74, 6) is 1.84. The van der Waals surface area contributed by atoms with Gasteiger partial charge in [0.2, 0.25) is 0 Å². The van der Waals surface area contributed by atoms with Crippen molar-refractivity contribution >= 4 is 17.3 Å². The van der Waals surface area contributed by atoms with Crippen LogP contribution in [0.4, 0.5) is 0 Å². The molecule has 7 heteroatoms. The predicted octanol–water partition coefficient (Wildman–Crippen LogP) is 3.25. The van der Waals surface area contributed by atoms with E-state index in [1.807, 2.05) is 13.0 Å². The number of nitrogens with one attached hydrogen (secondary N) is 2. The van der Waals surface area contributed by atoms with E-state index in [1.54, 1.807) is 17.6 Å². The van der Waals surface area contributed by atoms with E-state index in [0.29, 0.717) is 6.54 Å². The van der Waals surface area contributed by atoms with Gasteiger partial charge in [0.1, 0.15) is 10.8 Å². The first-order chi connectivity index (χ1) is 12.7. The topological polar surface area (TPSA) is 65.7 Å². The molecule has 0 radical (unpaired) electrons. The van der Waals surface area contributed by atoms with Gasteiger partial charge in [0.05, 0.1) is 24.5 Å². The molecule has 1 aliphatic rings. The van der Waals surface area contributed by atoms with Crippen molar-refractivity contribution in [3.63, 3.8) is 0 Å². The molecule has 142 valence electrons. The maximum Gasteiger partial charge on any atom is 0.191 e. The fraction of sp³-hybridized carbons (Fsp3) is 0.579. The van der Waals surface area contributed by atoms with Gasteiger partial charge >= 0.3 is 0 Å². The molecule has 0 bridgehead atoms. The highest BCUT2D eigenvalue weighted by molar-refractivity contribution is 7.11. The Balaban J connectivity index is 1.64. The molecule has 26 heavy (non-hydrogen) atoms. The zero-order chi connectivity index (χ0) is 18.4. The number of furan rings is 1. The lowest BCUT2D eigenvalue weighted by Gasteiger charge is -2.26. The Morgan fingerprint density at radius 2 is 2.15 bits per heavy atom. The summed E-state index contributed by atoms with van der Waals surface area (Å²) in [6, 6.07) is 4.27. The molecule has 1 aliphatic heterocycles. The molecule has 1 fully saturated rings. The average Bonchev–Trinajstić information content (AvgIpc) is 3.37. The number of rotatable bonds is 7. The molecule has 1 saturated heterocycles. The van der Waals surface area contributed by atoms with Gasteiger partial charge in [-0.15, -0.1) is 11.3 Å². The van der Waals surface area contributed by atoms with Crippen molar-refractivity contribution in [3.8, 4) is 0 Å². The zero-order valence-electron chi connectivity index (χ0n) is 15.9. The summed E-state index contributed by atoms with van der Waals surface area (Å²) >= 11 is 1.72. The number of likely N-dealkylation sites (tertiary alicyclic amines) is 1. The first kappa shape index (κ1) is 18.9. The number of aromatic nitrogens is 1. The highest BCUT2D eigenvalue weighted by atomic mass is 32.1. The normalized spacial score (nSPS) is 16.8. The number of aryl methyl sites for hydroxylation is 2. The molecule has 0 amide bonds. The van der Waals surface area contributed by atoms with Gasteiger partial charge < -0.3 is 15.1 Å². The monoisotopic (exact) mass is 375 g/mol. The smallest absolute Gasteiger partial charge is 0.191 e. The van der Waals surface area contributed by atoms with Crippen LogP contribution in [0.1, 0.15) is 47.1 Å². The summed E-state index contributed by atoms with van der Waals surface area (Å²) in [6.45, 7) is 10.7. The van der Waals surface area contributed by atoms with Crippen LogP contribution in [-0.2, 0) is 6.54 Å². The largest absolute Gasteiger partial charge is 0.468 e. The van der Waals surface area contributed by atoms with Crippen LogP contribution in [0.5, 0.6) is 0 Å². The summed E-state index contributed by atoms with van der Waals surface area (Å²) in [7, 11) is 0. The first-order valence-corrected chi connectivity index (χ1v) is 10.2. The number of aliphatic imine (C=N–C) groups is 1. The van der Waals surface area contributed by atoms with Gasteiger partial charge in [-0.1, -0.05) is 0 Å². The molecular formula is C19H29N5OS. The van der Waals surface area contributed by atoms with E-state index in [4.69, 9.17) is 9.41 Å². The highest BCUT2D eigenvalue weighted by Crippen LogP contribution is 2.24. The molecule has 0 spiro atoms. The Hall–Kier alpha value is -1.86. The Morgan fingerprint density at radius 1 is 1.35 bits per heavy atom. The molecular weight excluding hydrogens is 346 g/mol. The molecule has 6 nitrogen and oxygen atoms in total. The summed E-state index contributed by atoms with van der Waals surface area (Å²) in [5, 5.41) is 7.88. The van der Waals surface area contributed by atoms with Crippen molar-refractivity contribution in [3.05, 3.63) is 39.7 Å². The Bertz CT molecular complexity index is 684. The van der Waals surface area contributed by atoms with E-state index in [0.717, 1.165) is 48.6 Å². The SMILES string of the molecule is CCNC(=NCc1nc(C)c(C)s1)NCC(c1ccco1)N1CCCC1. The van der Waals surface area contributed by atoms with Crippen LogP contribution in [0, 0.1) is 13.8 Å².